The van der Waals surface area contributed by atoms with Gasteiger partial charge in [-0.3, -0.25) is 4.79 Å². The van der Waals surface area contributed by atoms with E-state index in [-0.39, 0.29) is 18.7 Å². The first-order chi connectivity index (χ1) is 17.2. The van der Waals surface area contributed by atoms with E-state index < -0.39 is 0 Å². The minimum atomic E-state index is 0.0284. The average molecular weight is 498 g/mol. The molecule has 0 radical (unpaired) electrons. The van der Waals surface area contributed by atoms with Crippen LogP contribution in [0.3, 0.4) is 0 Å². The Morgan fingerprint density at radius 1 is 0.600 bits per heavy atom. The van der Waals surface area contributed by atoms with Gasteiger partial charge in [0.15, 0.2) is 0 Å². The van der Waals surface area contributed by atoms with Gasteiger partial charge < -0.3 is 14.7 Å². The van der Waals surface area contributed by atoms with Crippen LogP contribution in [0, 0.1) is 0 Å². The first-order valence-electron chi connectivity index (χ1n) is 15.7. The molecule has 0 amide bonds. The monoisotopic (exact) mass is 497 g/mol. The summed E-state index contributed by atoms with van der Waals surface area (Å²) in [5.41, 5.74) is 0. The summed E-state index contributed by atoms with van der Waals surface area (Å²) in [7, 11) is 0. The molecule has 0 aliphatic heterocycles. The molecule has 0 heterocycles. The second-order valence-corrected chi connectivity index (χ2v) is 10.7. The molecule has 0 aliphatic carbocycles. The van der Waals surface area contributed by atoms with E-state index >= 15 is 0 Å². The lowest BCUT2D eigenvalue weighted by Crippen LogP contribution is -2.29. The summed E-state index contributed by atoms with van der Waals surface area (Å²) in [4.78, 5) is 14.9. The molecule has 0 aromatic rings. The molecule has 0 fully saturated rings. The number of rotatable bonds is 28. The number of ether oxygens (including phenoxy) is 1. The third-order valence-corrected chi connectivity index (χ3v) is 7.16. The Labute approximate surface area is 220 Å². The van der Waals surface area contributed by atoms with Gasteiger partial charge in [0.1, 0.15) is 6.10 Å². The normalized spacial score (nSPS) is 11.6. The minimum Gasteiger partial charge on any atom is -0.462 e. The summed E-state index contributed by atoms with van der Waals surface area (Å²) in [6.07, 6.45) is 26.4. The van der Waals surface area contributed by atoms with Crippen LogP contribution in [0.1, 0.15) is 162 Å². The maximum atomic E-state index is 12.5. The van der Waals surface area contributed by atoms with Crippen LogP contribution in [0.25, 0.3) is 0 Å². The molecule has 1 N–H and O–H groups in total. The third-order valence-electron chi connectivity index (χ3n) is 7.16. The highest BCUT2D eigenvalue weighted by Gasteiger charge is 2.14. The lowest BCUT2D eigenvalue weighted by Gasteiger charge is -2.20. The topological polar surface area (TPSA) is 49.8 Å². The van der Waals surface area contributed by atoms with Crippen molar-refractivity contribution in [2.24, 2.45) is 0 Å². The zero-order valence-electron chi connectivity index (χ0n) is 24.2. The van der Waals surface area contributed by atoms with E-state index in [0.29, 0.717) is 6.42 Å². The number of carbonyl (C=O) groups is 1. The molecule has 4 nitrogen and oxygen atoms in total. The fourth-order valence-corrected chi connectivity index (χ4v) is 4.81. The van der Waals surface area contributed by atoms with Crippen molar-refractivity contribution < 1.29 is 14.6 Å². The van der Waals surface area contributed by atoms with Crippen LogP contribution in [0.15, 0.2) is 0 Å². The van der Waals surface area contributed by atoms with Crippen molar-refractivity contribution in [2.45, 2.75) is 168 Å². The maximum absolute atomic E-state index is 12.5. The van der Waals surface area contributed by atoms with Crippen molar-refractivity contribution in [2.75, 3.05) is 26.2 Å². The number of unbranched alkanes of at least 4 members (excludes halogenated alkanes) is 15. The predicted octanol–water partition coefficient (Wildman–Crippen LogP) is 8.83. The van der Waals surface area contributed by atoms with Crippen molar-refractivity contribution in [3.8, 4) is 0 Å². The molecule has 0 aromatic carbocycles. The van der Waals surface area contributed by atoms with E-state index in [0.717, 1.165) is 45.3 Å². The van der Waals surface area contributed by atoms with Crippen molar-refractivity contribution in [1.82, 2.24) is 4.90 Å². The number of aliphatic hydroxyl groups is 1. The predicted molar refractivity (Wildman–Crippen MR) is 152 cm³/mol. The smallest absolute Gasteiger partial charge is 0.306 e. The molecule has 0 saturated heterocycles. The molecule has 0 bridgehead atoms. The lowest BCUT2D eigenvalue weighted by molar-refractivity contribution is -0.150. The van der Waals surface area contributed by atoms with E-state index in [9.17, 15) is 9.90 Å². The van der Waals surface area contributed by atoms with Crippen molar-refractivity contribution in [1.29, 1.82) is 0 Å². The molecule has 0 unspecified atom stereocenters. The highest BCUT2D eigenvalue weighted by atomic mass is 16.5. The zero-order chi connectivity index (χ0) is 25.8. The van der Waals surface area contributed by atoms with Gasteiger partial charge in [-0.15, -0.1) is 0 Å². The second-order valence-electron chi connectivity index (χ2n) is 10.7. The number of hydrogen-bond acceptors (Lipinski definition) is 4. The SMILES string of the molecule is CCCCCCCCC(CCCCCCCC)OC(=O)CCCCCCCN(CCO)CCCC. The Morgan fingerprint density at radius 2 is 1.06 bits per heavy atom. The van der Waals surface area contributed by atoms with Gasteiger partial charge in [0.25, 0.3) is 0 Å². The van der Waals surface area contributed by atoms with Crippen molar-refractivity contribution >= 4 is 5.97 Å². The fraction of sp³-hybridized carbons (Fsp3) is 0.968. The van der Waals surface area contributed by atoms with Crippen LogP contribution in [0.4, 0.5) is 0 Å². The molecule has 0 aliphatic rings. The van der Waals surface area contributed by atoms with Gasteiger partial charge in [-0.2, -0.15) is 0 Å². The van der Waals surface area contributed by atoms with E-state index in [4.69, 9.17) is 4.74 Å². The summed E-state index contributed by atoms with van der Waals surface area (Å²) in [5.74, 6) is 0.0284. The Bertz CT molecular complexity index is 413. The molecule has 0 saturated carbocycles. The van der Waals surface area contributed by atoms with Crippen LogP contribution in [0.5, 0.6) is 0 Å². The number of hydrogen-bond donors (Lipinski definition) is 1. The molecule has 35 heavy (non-hydrogen) atoms. The minimum absolute atomic E-state index is 0.0284. The highest BCUT2D eigenvalue weighted by molar-refractivity contribution is 5.69. The van der Waals surface area contributed by atoms with Gasteiger partial charge in [0.2, 0.25) is 0 Å². The molecular formula is C31H63NO3. The van der Waals surface area contributed by atoms with Gasteiger partial charge in [0, 0.05) is 13.0 Å². The van der Waals surface area contributed by atoms with Crippen molar-refractivity contribution in [3.63, 3.8) is 0 Å². The van der Waals surface area contributed by atoms with Gasteiger partial charge in [0.05, 0.1) is 6.61 Å². The van der Waals surface area contributed by atoms with Crippen LogP contribution < -0.4 is 0 Å². The van der Waals surface area contributed by atoms with Gasteiger partial charge >= 0.3 is 5.97 Å². The van der Waals surface area contributed by atoms with Gasteiger partial charge in [-0.25, -0.2) is 0 Å². The van der Waals surface area contributed by atoms with E-state index in [2.05, 4.69) is 25.7 Å². The molecule has 0 rings (SSSR count). The Kier molecular flexibility index (Phi) is 27.5. The Balaban J connectivity index is 4.05. The Hall–Kier alpha value is -0.610. The van der Waals surface area contributed by atoms with Gasteiger partial charge in [-0.05, 0) is 58.0 Å². The van der Waals surface area contributed by atoms with E-state index in [1.54, 1.807) is 0 Å². The summed E-state index contributed by atoms with van der Waals surface area (Å²) < 4.78 is 5.96. The summed E-state index contributed by atoms with van der Waals surface area (Å²) >= 11 is 0. The summed E-state index contributed by atoms with van der Waals surface area (Å²) in [6.45, 7) is 9.97. The average Bonchev–Trinajstić information content (AvgIpc) is 2.85. The molecule has 210 valence electrons. The lowest BCUT2D eigenvalue weighted by atomic mass is 10.0. The quantitative estimate of drug-likeness (QED) is 0.0866. The second kappa shape index (κ2) is 28.0. The number of nitrogens with zero attached hydrogens (tertiary/aromatic N) is 1. The number of aliphatic hydroxyl groups excluding tert-OH is 1. The van der Waals surface area contributed by atoms with Crippen LogP contribution in [0.2, 0.25) is 0 Å². The largest absolute Gasteiger partial charge is 0.462 e. The van der Waals surface area contributed by atoms with Crippen LogP contribution >= 0.6 is 0 Å². The number of carbonyl (C=O) groups excluding carboxylic acids is 1. The molecule has 0 atom stereocenters. The Morgan fingerprint density at radius 3 is 1.60 bits per heavy atom. The third kappa shape index (κ3) is 24.8. The molecule has 4 heteroatoms. The molecular weight excluding hydrogens is 434 g/mol. The molecule has 0 spiro atoms. The van der Waals surface area contributed by atoms with E-state index in [1.807, 2.05) is 0 Å². The first-order valence-corrected chi connectivity index (χ1v) is 15.7. The van der Waals surface area contributed by atoms with Crippen LogP contribution in [-0.2, 0) is 9.53 Å². The highest BCUT2D eigenvalue weighted by Crippen LogP contribution is 2.18. The van der Waals surface area contributed by atoms with Gasteiger partial charge in [-0.1, -0.05) is 111 Å². The standard InChI is InChI=1S/C31H63NO3/c1-4-7-10-12-15-19-23-30(24-20-16-13-11-8-5-2)35-31(34)25-21-17-14-18-22-27-32(28-29-33)26-9-6-3/h30,33H,4-29H2,1-3H3. The van der Waals surface area contributed by atoms with Crippen LogP contribution in [-0.4, -0.2) is 48.3 Å². The molecule has 0 aromatic heterocycles. The summed E-state index contributed by atoms with van der Waals surface area (Å²) in [5, 5.41) is 9.22. The maximum Gasteiger partial charge on any atom is 0.306 e. The fourth-order valence-electron chi connectivity index (χ4n) is 4.81. The zero-order valence-corrected chi connectivity index (χ0v) is 24.2. The first kappa shape index (κ1) is 34.4. The summed E-state index contributed by atoms with van der Waals surface area (Å²) in [6, 6.07) is 0. The van der Waals surface area contributed by atoms with Crippen molar-refractivity contribution in [3.05, 3.63) is 0 Å². The number of esters is 1. The van der Waals surface area contributed by atoms with E-state index in [1.165, 1.54) is 109 Å².